The highest BCUT2D eigenvalue weighted by molar-refractivity contribution is 5.89. The number of esters is 1. The summed E-state index contributed by atoms with van der Waals surface area (Å²) in [6.07, 6.45) is 0. The van der Waals surface area contributed by atoms with Crippen LogP contribution in [0.25, 0.3) is 0 Å². The van der Waals surface area contributed by atoms with Crippen LogP contribution in [0.4, 0.5) is 0 Å². The Hall–Kier alpha value is -1.43. The third-order valence-corrected chi connectivity index (χ3v) is 2.02. The van der Waals surface area contributed by atoms with E-state index in [4.69, 9.17) is 19.7 Å². The van der Waals surface area contributed by atoms with E-state index >= 15 is 0 Å². The first-order valence-corrected chi connectivity index (χ1v) is 5.33. The van der Waals surface area contributed by atoms with Crippen molar-refractivity contribution in [3.8, 4) is 0 Å². The monoisotopic (exact) mass is 240 g/mol. The van der Waals surface area contributed by atoms with Crippen molar-refractivity contribution in [3.63, 3.8) is 0 Å². The van der Waals surface area contributed by atoms with Crippen molar-refractivity contribution in [1.82, 2.24) is 0 Å². The van der Waals surface area contributed by atoms with Crippen molar-refractivity contribution in [3.05, 3.63) is 35.4 Å². The van der Waals surface area contributed by atoms with Gasteiger partial charge in [0, 0.05) is 0 Å². The van der Waals surface area contributed by atoms with Crippen molar-refractivity contribution < 1.29 is 24.5 Å². The average Bonchev–Trinajstić information content (AvgIpc) is 2.37. The summed E-state index contributed by atoms with van der Waals surface area (Å²) in [7, 11) is 0. The number of carbonyl (C=O) groups excluding carboxylic acids is 1. The molecule has 0 amide bonds. The number of carbonyl (C=O) groups is 1. The van der Waals surface area contributed by atoms with Gasteiger partial charge in [-0.3, -0.25) is 0 Å². The van der Waals surface area contributed by atoms with Crippen LogP contribution in [0.3, 0.4) is 0 Å². The maximum atomic E-state index is 11.4. The Morgan fingerprint density at radius 1 is 1.06 bits per heavy atom. The van der Waals surface area contributed by atoms with E-state index in [1.165, 1.54) is 0 Å². The SMILES string of the molecule is O=C(OCCO)c1ccc(COCCO)cc1. The van der Waals surface area contributed by atoms with Crippen LogP contribution in [0.2, 0.25) is 0 Å². The first-order chi connectivity index (χ1) is 8.27. The molecule has 1 rings (SSSR count). The summed E-state index contributed by atoms with van der Waals surface area (Å²) in [5.41, 5.74) is 1.35. The Labute approximate surface area is 99.6 Å². The molecule has 0 spiro atoms. The molecule has 1 aromatic carbocycles. The second kappa shape index (κ2) is 7.78. The van der Waals surface area contributed by atoms with Crippen molar-refractivity contribution in [1.29, 1.82) is 0 Å². The van der Waals surface area contributed by atoms with Gasteiger partial charge in [-0.1, -0.05) is 12.1 Å². The molecule has 17 heavy (non-hydrogen) atoms. The lowest BCUT2D eigenvalue weighted by Crippen LogP contribution is -2.08. The largest absolute Gasteiger partial charge is 0.460 e. The Balaban J connectivity index is 2.46. The van der Waals surface area contributed by atoms with Gasteiger partial charge in [-0.2, -0.15) is 0 Å². The molecule has 0 aliphatic rings. The maximum Gasteiger partial charge on any atom is 0.338 e. The normalized spacial score (nSPS) is 10.2. The zero-order valence-corrected chi connectivity index (χ0v) is 9.46. The lowest BCUT2D eigenvalue weighted by atomic mass is 10.1. The molecule has 2 N–H and O–H groups in total. The van der Waals surface area contributed by atoms with Gasteiger partial charge in [-0.25, -0.2) is 4.79 Å². The van der Waals surface area contributed by atoms with Gasteiger partial charge >= 0.3 is 5.97 Å². The van der Waals surface area contributed by atoms with Crippen molar-refractivity contribution in [2.24, 2.45) is 0 Å². The minimum atomic E-state index is -0.457. The molecule has 0 unspecified atom stereocenters. The summed E-state index contributed by atoms with van der Waals surface area (Å²) >= 11 is 0. The fourth-order valence-corrected chi connectivity index (χ4v) is 1.21. The number of hydrogen-bond acceptors (Lipinski definition) is 5. The number of aliphatic hydroxyl groups is 2. The lowest BCUT2D eigenvalue weighted by molar-refractivity contribution is 0.0433. The smallest absolute Gasteiger partial charge is 0.338 e. The van der Waals surface area contributed by atoms with E-state index < -0.39 is 5.97 Å². The van der Waals surface area contributed by atoms with Gasteiger partial charge in [0.05, 0.1) is 32.0 Å². The van der Waals surface area contributed by atoms with Crippen LogP contribution < -0.4 is 0 Å². The van der Waals surface area contributed by atoms with Crippen molar-refractivity contribution in [2.45, 2.75) is 6.61 Å². The Kier molecular flexibility index (Phi) is 6.24. The van der Waals surface area contributed by atoms with E-state index in [0.29, 0.717) is 18.8 Å². The highest BCUT2D eigenvalue weighted by atomic mass is 16.5. The topological polar surface area (TPSA) is 76.0 Å². The van der Waals surface area contributed by atoms with Gasteiger partial charge in [-0.05, 0) is 17.7 Å². The predicted octanol–water partition coefficient (Wildman–Crippen LogP) is 0.345. The predicted molar refractivity (Wildman–Crippen MR) is 60.6 cm³/mol. The second-order valence-corrected chi connectivity index (χ2v) is 3.33. The molecular weight excluding hydrogens is 224 g/mol. The Morgan fingerprint density at radius 2 is 1.71 bits per heavy atom. The van der Waals surface area contributed by atoms with Crippen LogP contribution >= 0.6 is 0 Å². The molecule has 0 aromatic heterocycles. The highest BCUT2D eigenvalue weighted by Crippen LogP contribution is 2.07. The van der Waals surface area contributed by atoms with Gasteiger partial charge in [0.2, 0.25) is 0 Å². The van der Waals surface area contributed by atoms with Crippen molar-refractivity contribution in [2.75, 3.05) is 26.4 Å². The van der Waals surface area contributed by atoms with Crippen molar-refractivity contribution >= 4 is 5.97 Å². The zero-order chi connectivity index (χ0) is 12.5. The molecule has 5 nitrogen and oxygen atoms in total. The molecule has 0 radical (unpaired) electrons. The van der Waals surface area contributed by atoms with E-state index in [1.807, 2.05) is 0 Å². The molecule has 94 valence electrons. The van der Waals surface area contributed by atoms with Crippen LogP contribution in [-0.2, 0) is 16.1 Å². The fourth-order valence-electron chi connectivity index (χ4n) is 1.21. The summed E-state index contributed by atoms with van der Waals surface area (Å²) in [5.74, 6) is -0.457. The molecule has 0 fully saturated rings. The molecule has 0 heterocycles. The molecule has 0 aliphatic heterocycles. The molecular formula is C12H16O5. The van der Waals surface area contributed by atoms with Crippen LogP contribution in [0.1, 0.15) is 15.9 Å². The third kappa shape index (κ3) is 4.95. The Bertz CT molecular complexity index is 333. The molecule has 1 aromatic rings. The third-order valence-electron chi connectivity index (χ3n) is 2.02. The minimum Gasteiger partial charge on any atom is -0.460 e. The maximum absolute atomic E-state index is 11.4. The zero-order valence-electron chi connectivity index (χ0n) is 9.46. The standard InChI is InChI=1S/C12H16O5/c13-5-7-16-9-10-1-3-11(4-2-10)12(15)17-8-6-14/h1-4,13-14H,5-9H2. The number of ether oxygens (including phenoxy) is 2. The summed E-state index contributed by atoms with van der Waals surface area (Å²) < 4.78 is 9.90. The first-order valence-electron chi connectivity index (χ1n) is 5.33. The van der Waals surface area contributed by atoms with Crippen LogP contribution in [0, 0.1) is 0 Å². The van der Waals surface area contributed by atoms with Gasteiger partial charge in [0.15, 0.2) is 0 Å². The van der Waals surface area contributed by atoms with Gasteiger partial charge in [-0.15, -0.1) is 0 Å². The van der Waals surface area contributed by atoms with Crippen LogP contribution in [0.5, 0.6) is 0 Å². The van der Waals surface area contributed by atoms with Gasteiger partial charge < -0.3 is 19.7 Å². The lowest BCUT2D eigenvalue weighted by Gasteiger charge is -2.05. The molecule has 0 atom stereocenters. The van der Waals surface area contributed by atoms with E-state index in [9.17, 15) is 4.79 Å². The first kappa shape index (κ1) is 13.6. The van der Waals surface area contributed by atoms with Gasteiger partial charge in [0.25, 0.3) is 0 Å². The quantitative estimate of drug-likeness (QED) is 0.531. The average molecular weight is 240 g/mol. The van der Waals surface area contributed by atoms with E-state index in [-0.39, 0.29) is 19.8 Å². The molecule has 0 saturated carbocycles. The van der Waals surface area contributed by atoms with Crippen LogP contribution in [0.15, 0.2) is 24.3 Å². The van der Waals surface area contributed by atoms with Crippen LogP contribution in [-0.4, -0.2) is 42.6 Å². The Morgan fingerprint density at radius 3 is 2.29 bits per heavy atom. The number of benzene rings is 1. The summed E-state index contributed by atoms with van der Waals surface area (Å²) in [4.78, 5) is 11.4. The molecule has 0 bridgehead atoms. The fraction of sp³-hybridized carbons (Fsp3) is 0.417. The van der Waals surface area contributed by atoms with E-state index in [2.05, 4.69) is 0 Å². The summed E-state index contributed by atoms with van der Waals surface area (Å²) in [6, 6.07) is 6.79. The highest BCUT2D eigenvalue weighted by Gasteiger charge is 2.06. The molecule has 0 saturated heterocycles. The number of hydrogen-bond donors (Lipinski definition) is 2. The number of rotatable bonds is 7. The minimum absolute atomic E-state index is 0.000194. The van der Waals surface area contributed by atoms with E-state index in [1.54, 1.807) is 24.3 Å². The summed E-state index contributed by atoms with van der Waals surface area (Å²) in [5, 5.41) is 17.0. The van der Waals surface area contributed by atoms with Gasteiger partial charge in [0.1, 0.15) is 6.61 Å². The molecule has 5 heteroatoms. The second-order valence-electron chi connectivity index (χ2n) is 3.33. The number of aliphatic hydroxyl groups excluding tert-OH is 2. The molecule has 0 aliphatic carbocycles. The summed E-state index contributed by atoms with van der Waals surface area (Å²) in [6.45, 7) is 0.497. The van der Waals surface area contributed by atoms with E-state index in [0.717, 1.165) is 5.56 Å².